The highest BCUT2D eigenvalue weighted by molar-refractivity contribution is 6.09. The molecule has 5 nitrogen and oxygen atoms in total. The van der Waals surface area contributed by atoms with Crippen LogP contribution in [0.1, 0.15) is 56.6 Å². The first-order valence-corrected chi connectivity index (χ1v) is 11.6. The lowest BCUT2D eigenvalue weighted by Crippen LogP contribution is -2.38. The van der Waals surface area contributed by atoms with Crippen LogP contribution in [-0.4, -0.2) is 31.2 Å². The Balaban J connectivity index is 1.76. The molecule has 4 rings (SSSR count). The third-order valence-corrected chi connectivity index (χ3v) is 6.45. The van der Waals surface area contributed by atoms with E-state index in [4.69, 9.17) is 14.5 Å². The molecule has 0 bridgehead atoms. The summed E-state index contributed by atoms with van der Waals surface area (Å²) in [5, 5.41) is 0. The van der Waals surface area contributed by atoms with Crippen molar-refractivity contribution in [1.29, 1.82) is 0 Å². The van der Waals surface area contributed by atoms with Gasteiger partial charge in [0.15, 0.2) is 5.78 Å². The molecule has 33 heavy (non-hydrogen) atoms. The van der Waals surface area contributed by atoms with Gasteiger partial charge in [-0.1, -0.05) is 56.3 Å². The summed E-state index contributed by atoms with van der Waals surface area (Å²) < 4.78 is 11.0. The highest BCUT2D eigenvalue weighted by atomic mass is 16.5. The number of hydrogen-bond donors (Lipinski definition) is 0. The topological polar surface area (TPSA) is 65.0 Å². The molecule has 2 aromatic rings. The average molecular weight is 446 g/mol. The first-order valence-electron chi connectivity index (χ1n) is 11.6. The van der Waals surface area contributed by atoms with Crippen LogP contribution in [0.5, 0.6) is 5.75 Å². The zero-order valence-electron chi connectivity index (χ0n) is 19.7. The predicted molar refractivity (Wildman–Crippen MR) is 129 cm³/mol. The van der Waals surface area contributed by atoms with Crippen LogP contribution in [0.3, 0.4) is 0 Å². The van der Waals surface area contributed by atoms with Crippen LogP contribution in [-0.2, 0) is 14.3 Å². The summed E-state index contributed by atoms with van der Waals surface area (Å²) in [5.41, 5.74) is 4.20. The Morgan fingerprint density at radius 3 is 2.36 bits per heavy atom. The van der Waals surface area contributed by atoms with Crippen LogP contribution in [0.15, 0.2) is 70.9 Å². The van der Waals surface area contributed by atoms with E-state index in [1.807, 2.05) is 63.2 Å². The number of ether oxygens (including phenoxy) is 2. The largest absolute Gasteiger partial charge is 0.497 e. The van der Waals surface area contributed by atoms with E-state index in [2.05, 4.69) is 12.1 Å². The minimum Gasteiger partial charge on any atom is -0.497 e. The average Bonchev–Trinajstić information content (AvgIpc) is 2.82. The Bertz CT molecular complexity index is 1080. The normalized spacial score (nSPS) is 22.6. The molecule has 5 heteroatoms. The zero-order chi connectivity index (χ0) is 23.5. The molecule has 0 aromatic heterocycles. The predicted octanol–water partition coefficient (Wildman–Crippen LogP) is 5.47. The van der Waals surface area contributed by atoms with E-state index in [0.29, 0.717) is 30.7 Å². The van der Waals surface area contributed by atoms with E-state index in [1.165, 1.54) is 0 Å². The number of allylic oxidation sites excluding steroid dienone is 2. The molecular weight excluding hydrogens is 414 g/mol. The Morgan fingerprint density at radius 2 is 1.73 bits per heavy atom. The number of ketones is 1. The number of aliphatic imine (C=N–C) groups is 1. The summed E-state index contributed by atoms with van der Waals surface area (Å²) in [6.45, 7) is 6.22. The minimum absolute atomic E-state index is 0.0591. The summed E-state index contributed by atoms with van der Waals surface area (Å²) >= 11 is 0. The van der Waals surface area contributed by atoms with Crippen molar-refractivity contribution in [2.75, 3.05) is 13.7 Å². The van der Waals surface area contributed by atoms with E-state index in [-0.39, 0.29) is 23.6 Å². The molecule has 0 spiro atoms. The number of methoxy groups -OCH3 is 1. The van der Waals surface area contributed by atoms with E-state index in [1.54, 1.807) is 7.11 Å². The van der Waals surface area contributed by atoms with Gasteiger partial charge in [-0.2, -0.15) is 0 Å². The fourth-order valence-electron chi connectivity index (χ4n) is 4.84. The minimum atomic E-state index is -0.617. The van der Waals surface area contributed by atoms with Gasteiger partial charge >= 0.3 is 5.97 Å². The SMILES string of the molecule is COc1ccc([C@@H]2C3=C(C[C@H](c4ccccc4)CC3=O)N=C(C)C2C(=O)OCC(C)C)cc1. The standard InChI is InChI=1S/C28H31NO4/c1-17(2)16-33-28(31)25-18(3)29-23-14-21(19-8-6-5-7-9-19)15-24(30)27(23)26(25)20-10-12-22(32-4)13-11-20/h5-13,17,21,25-26H,14-16H2,1-4H3/t21-,25?,26-/m0/s1. The number of carbonyl (C=O) groups is 2. The monoisotopic (exact) mass is 445 g/mol. The molecule has 2 aromatic carbocycles. The summed E-state index contributed by atoms with van der Waals surface area (Å²) in [6.07, 6.45) is 1.10. The maximum Gasteiger partial charge on any atom is 0.315 e. The second kappa shape index (κ2) is 9.74. The van der Waals surface area contributed by atoms with E-state index >= 15 is 0 Å². The molecule has 0 saturated carbocycles. The van der Waals surface area contributed by atoms with Gasteiger partial charge in [0.1, 0.15) is 11.7 Å². The van der Waals surface area contributed by atoms with E-state index in [9.17, 15) is 9.59 Å². The van der Waals surface area contributed by atoms with Crippen molar-refractivity contribution < 1.29 is 19.1 Å². The van der Waals surface area contributed by atoms with Crippen molar-refractivity contribution in [3.8, 4) is 5.75 Å². The van der Waals surface area contributed by atoms with Gasteiger partial charge in [0, 0.05) is 29.3 Å². The van der Waals surface area contributed by atoms with E-state index in [0.717, 1.165) is 22.6 Å². The fraction of sp³-hybridized carbons (Fsp3) is 0.393. The molecule has 2 aliphatic rings. The number of benzene rings is 2. The molecule has 0 amide bonds. The van der Waals surface area contributed by atoms with Gasteiger partial charge in [0.2, 0.25) is 0 Å². The van der Waals surface area contributed by atoms with Gasteiger partial charge in [-0.15, -0.1) is 0 Å². The Morgan fingerprint density at radius 1 is 1.03 bits per heavy atom. The molecule has 1 aliphatic heterocycles. The number of nitrogens with zero attached hydrogens (tertiary/aromatic N) is 1. The van der Waals surface area contributed by atoms with Gasteiger partial charge in [0.25, 0.3) is 0 Å². The van der Waals surface area contributed by atoms with Crippen LogP contribution in [0.25, 0.3) is 0 Å². The first kappa shape index (κ1) is 23.0. The fourth-order valence-corrected chi connectivity index (χ4v) is 4.84. The molecule has 0 radical (unpaired) electrons. The van der Waals surface area contributed by atoms with E-state index < -0.39 is 11.8 Å². The smallest absolute Gasteiger partial charge is 0.315 e. The maximum absolute atomic E-state index is 13.6. The van der Waals surface area contributed by atoms with Crippen molar-refractivity contribution >= 4 is 17.5 Å². The summed E-state index contributed by atoms with van der Waals surface area (Å²) in [4.78, 5) is 31.6. The maximum atomic E-state index is 13.6. The molecule has 0 saturated heterocycles. The van der Waals surface area contributed by atoms with Crippen LogP contribution in [0, 0.1) is 11.8 Å². The van der Waals surface area contributed by atoms with Crippen molar-refractivity contribution in [2.24, 2.45) is 16.8 Å². The van der Waals surface area contributed by atoms with Crippen molar-refractivity contribution in [3.63, 3.8) is 0 Å². The molecule has 1 aliphatic carbocycles. The second-order valence-electron chi connectivity index (χ2n) is 9.30. The highest BCUT2D eigenvalue weighted by Gasteiger charge is 2.44. The van der Waals surface area contributed by atoms with Gasteiger partial charge < -0.3 is 9.47 Å². The molecule has 3 atom stereocenters. The molecule has 172 valence electrons. The van der Waals surface area contributed by atoms with Crippen molar-refractivity contribution in [2.45, 2.75) is 45.4 Å². The molecule has 1 heterocycles. The molecule has 1 unspecified atom stereocenters. The number of rotatable bonds is 6. The van der Waals surface area contributed by atoms with Crippen LogP contribution in [0.4, 0.5) is 0 Å². The lowest BCUT2D eigenvalue weighted by Gasteiger charge is -2.36. The zero-order valence-corrected chi connectivity index (χ0v) is 19.7. The lowest BCUT2D eigenvalue weighted by molar-refractivity contribution is -0.147. The first-order chi connectivity index (χ1) is 15.9. The molecule has 0 fully saturated rings. The van der Waals surface area contributed by atoms with Gasteiger partial charge in [-0.05, 0) is 48.4 Å². The number of esters is 1. The Hall–Kier alpha value is -3.21. The quantitative estimate of drug-likeness (QED) is 0.553. The Kier molecular flexibility index (Phi) is 6.77. The van der Waals surface area contributed by atoms with Crippen LogP contribution in [0.2, 0.25) is 0 Å². The summed E-state index contributed by atoms with van der Waals surface area (Å²) in [7, 11) is 1.62. The van der Waals surface area contributed by atoms with Crippen molar-refractivity contribution in [3.05, 3.63) is 77.0 Å². The third kappa shape index (κ3) is 4.77. The van der Waals surface area contributed by atoms with Gasteiger partial charge in [-0.3, -0.25) is 14.6 Å². The third-order valence-electron chi connectivity index (χ3n) is 6.45. The lowest BCUT2D eigenvalue weighted by atomic mass is 9.69. The number of Topliss-reactive ketones (excluding diaryl/α,β-unsaturated/α-hetero) is 1. The van der Waals surface area contributed by atoms with Crippen LogP contribution < -0.4 is 4.74 Å². The Labute approximate surface area is 195 Å². The van der Waals surface area contributed by atoms with Crippen LogP contribution >= 0.6 is 0 Å². The number of hydrogen-bond acceptors (Lipinski definition) is 5. The highest BCUT2D eigenvalue weighted by Crippen LogP contribution is 2.47. The van der Waals surface area contributed by atoms with Gasteiger partial charge in [-0.25, -0.2) is 0 Å². The molecule has 0 N–H and O–H groups in total. The molecular formula is C28H31NO4. The van der Waals surface area contributed by atoms with Crippen molar-refractivity contribution in [1.82, 2.24) is 0 Å². The summed E-state index contributed by atoms with van der Waals surface area (Å²) in [5.74, 6) is -0.242. The summed E-state index contributed by atoms with van der Waals surface area (Å²) in [6, 6.07) is 17.7. The second-order valence-corrected chi connectivity index (χ2v) is 9.30. The van der Waals surface area contributed by atoms with Gasteiger partial charge in [0.05, 0.1) is 13.7 Å². The number of carbonyl (C=O) groups excluding carboxylic acids is 2.